The Labute approximate surface area is 140 Å². The molecule has 0 amide bonds. The molecule has 3 heterocycles. The molecule has 1 aliphatic rings. The Morgan fingerprint density at radius 2 is 2.08 bits per heavy atom. The van der Waals surface area contributed by atoms with Crippen LogP contribution in [0.25, 0.3) is 0 Å². The first-order valence-electron chi connectivity index (χ1n) is 8.27. The fourth-order valence-electron chi connectivity index (χ4n) is 3.13. The highest BCUT2D eigenvalue weighted by molar-refractivity contribution is 5.21. The summed E-state index contributed by atoms with van der Waals surface area (Å²) >= 11 is 0. The van der Waals surface area contributed by atoms with Gasteiger partial charge in [0.25, 0.3) is 0 Å². The van der Waals surface area contributed by atoms with Crippen molar-refractivity contribution >= 4 is 0 Å². The fraction of sp³-hybridized carbons (Fsp3) is 0.389. The number of aryl methyl sites for hydroxylation is 3. The van der Waals surface area contributed by atoms with Crippen molar-refractivity contribution in [2.75, 3.05) is 6.61 Å². The van der Waals surface area contributed by atoms with Crippen LogP contribution in [0.5, 0.6) is 0 Å². The quantitative estimate of drug-likeness (QED) is 0.721. The summed E-state index contributed by atoms with van der Waals surface area (Å²) in [6.45, 7) is 3.48. The van der Waals surface area contributed by atoms with Gasteiger partial charge >= 0.3 is 0 Å². The monoisotopic (exact) mass is 324 g/mol. The van der Waals surface area contributed by atoms with Crippen molar-refractivity contribution < 1.29 is 9.15 Å². The van der Waals surface area contributed by atoms with Crippen LogP contribution in [0.3, 0.4) is 0 Å². The molecule has 0 unspecified atom stereocenters. The van der Waals surface area contributed by atoms with Gasteiger partial charge in [-0.15, -0.1) is 10.2 Å². The summed E-state index contributed by atoms with van der Waals surface area (Å²) in [5, 5.41) is 12.7. The van der Waals surface area contributed by atoms with Gasteiger partial charge in [0.15, 0.2) is 0 Å². The first-order chi connectivity index (χ1) is 11.8. The van der Waals surface area contributed by atoms with Crippen molar-refractivity contribution in [1.82, 2.24) is 20.0 Å². The molecule has 2 atom stereocenters. The molecule has 1 saturated heterocycles. The third-order valence-corrected chi connectivity index (χ3v) is 4.34. The zero-order valence-corrected chi connectivity index (χ0v) is 13.6. The summed E-state index contributed by atoms with van der Waals surface area (Å²) in [6, 6.07) is 10.2. The van der Waals surface area contributed by atoms with E-state index in [9.17, 15) is 0 Å². The predicted molar refractivity (Wildman–Crippen MR) is 87.5 cm³/mol. The minimum absolute atomic E-state index is 0.00624. The summed E-state index contributed by atoms with van der Waals surface area (Å²) < 4.78 is 13.7. The maximum atomic E-state index is 5.91. The second-order valence-corrected chi connectivity index (χ2v) is 6.16. The zero-order valence-electron chi connectivity index (χ0n) is 13.6. The van der Waals surface area contributed by atoms with Gasteiger partial charge in [0.2, 0.25) is 11.8 Å². The van der Waals surface area contributed by atoms with Gasteiger partial charge in [-0.1, -0.05) is 30.3 Å². The van der Waals surface area contributed by atoms with Crippen LogP contribution >= 0.6 is 0 Å². The van der Waals surface area contributed by atoms with Crippen molar-refractivity contribution in [2.45, 2.75) is 38.3 Å². The lowest BCUT2D eigenvalue weighted by molar-refractivity contribution is 0.0996. The smallest absolute Gasteiger partial charge is 0.222 e. The van der Waals surface area contributed by atoms with Gasteiger partial charge in [0.05, 0.1) is 18.2 Å². The minimum Gasteiger partial charge on any atom is -0.425 e. The van der Waals surface area contributed by atoms with Gasteiger partial charge in [-0.2, -0.15) is 5.10 Å². The Kier molecular flexibility index (Phi) is 4.13. The molecule has 4 rings (SSSR count). The molecule has 0 spiro atoms. The molecule has 0 aliphatic carbocycles. The zero-order chi connectivity index (χ0) is 16.4. The average molecular weight is 324 g/mol. The minimum atomic E-state index is -0.00624. The number of hydrogen-bond acceptors (Lipinski definition) is 5. The number of aromatic nitrogens is 4. The van der Waals surface area contributed by atoms with Crippen molar-refractivity contribution in [3.8, 4) is 0 Å². The Morgan fingerprint density at radius 1 is 1.21 bits per heavy atom. The van der Waals surface area contributed by atoms with E-state index in [4.69, 9.17) is 9.15 Å². The highest BCUT2D eigenvalue weighted by atomic mass is 16.5. The lowest BCUT2D eigenvalue weighted by atomic mass is 9.95. The van der Waals surface area contributed by atoms with Crippen LogP contribution in [0.15, 0.2) is 47.1 Å². The Bertz CT molecular complexity index is 796. The molecule has 124 valence electrons. The predicted octanol–water partition coefficient (Wildman–Crippen LogP) is 3.06. The summed E-state index contributed by atoms with van der Waals surface area (Å²) in [7, 11) is 0. The normalized spacial score (nSPS) is 20.5. The van der Waals surface area contributed by atoms with E-state index in [1.807, 2.05) is 42.2 Å². The molecule has 0 radical (unpaired) electrons. The van der Waals surface area contributed by atoms with E-state index >= 15 is 0 Å². The molecular weight excluding hydrogens is 304 g/mol. The maximum absolute atomic E-state index is 5.91. The Balaban J connectivity index is 1.45. The van der Waals surface area contributed by atoms with E-state index in [0.29, 0.717) is 24.8 Å². The third-order valence-electron chi connectivity index (χ3n) is 4.34. The molecule has 1 aliphatic heterocycles. The molecule has 1 fully saturated rings. The molecular formula is C18H20N4O2. The molecule has 0 saturated carbocycles. The van der Waals surface area contributed by atoms with E-state index in [2.05, 4.69) is 27.4 Å². The Hall–Kier alpha value is -2.47. The molecule has 6 nitrogen and oxygen atoms in total. The SMILES string of the molecule is Cc1cnn(CCc2nnc([C@H]3CCO[C@@H]3c3ccccc3)o2)c1. The van der Waals surface area contributed by atoms with Crippen LogP contribution in [-0.2, 0) is 17.7 Å². The van der Waals surface area contributed by atoms with Crippen LogP contribution < -0.4 is 0 Å². The topological polar surface area (TPSA) is 66.0 Å². The van der Waals surface area contributed by atoms with E-state index < -0.39 is 0 Å². The highest BCUT2D eigenvalue weighted by Gasteiger charge is 2.34. The van der Waals surface area contributed by atoms with E-state index in [0.717, 1.165) is 24.1 Å². The Morgan fingerprint density at radius 3 is 2.88 bits per heavy atom. The summed E-state index contributed by atoms with van der Waals surface area (Å²) in [6.07, 6.45) is 5.43. The number of ether oxygens (including phenoxy) is 1. The van der Waals surface area contributed by atoms with Gasteiger partial charge in [-0.25, -0.2) is 0 Å². The summed E-state index contributed by atoms with van der Waals surface area (Å²) in [4.78, 5) is 0. The lowest BCUT2D eigenvalue weighted by Gasteiger charge is -2.15. The highest BCUT2D eigenvalue weighted by Crippen LogP contribution is 2.40. The van der Waals surface area contributed by atoms with Gasteiger partial charge in [-0.3, -0.25) is 4.68 Å². The summed E-state index contributed by atoms with van der Waals surface area (Å²) in [5.74, 6) is 1.45. The molecule has 6 heteroatoms. The van der Waals surface area contributed by atoms with Crippen molar-refractivity contribution in [1.29, 1.82) is 0 Å². The van der Waals surface area contributed by atoms with Crippen LogP contribution in [0.4, 0.5) is 0 Å². The van der Waals surface area contributed by atoms with E-state index in [-0.39, 0.29) is 12.0 Å². The van der Waals surface area contributed by atoms with Crippen LogP contribution in [0.2, 0.25) is 0 Å². The van der Waals surface area contributed by atoms with Crippen molar-refractivity contribution in [3.63, 3.8) is 0 Å². The number of benzene rings is 1. The van der Waals surface area contributed by atoms with E-state index in [1.54, 1.807) is 0 Å². The largest absolute Gasteiger partial charge is 0.425 e. The molecule has 1 aromatic carbocycles. The number of rotatable bonds is 5. The standard InChI is InChI=1S/C18H20N4O2/c1-13-11-19-22(12-13)9-7-16-20-21-18(24-16)15-8-10-23-17(15)14-5-3-2-4-6-14/h2-6,11-12,15,17H,7-10H2,1H3/t15-,17+/m0/s1. The van der Waals surface area contributed by atoms with Crippen molar-refractivity contribution in [2.24, 2.45) is 0 Å². The number of hydrogen-bond donors (Lipinski definition) is 0. The van der Waals surface area contributed by atoms with Crippen LogP contribution in [0.1, 0.15) is 41.4 Å². The molecule has 0 N–H and O–H groups in total. The maximum Gasteiger partial charge on any atom is 0.222 e. The van der Waals surface area contributed by atoms with Gasteiger partial charge < -0.3 is 9.15 Å². The van der Waals surface area contributed by atoms with Crippen LogP contribution in [-0.4, -0.2) is 26.6 Å². The van der Waals surface area contributed by atoms with Gasteiger partial charge in [-0.05, 0) is 24.5 Å². The molecule has 2 aromatic heterocycles. The second kappa shape index (κ2) is 6.57. The number of nitrogens with zero attached hydrogens (tertiary/aromatic N) is 4. The third kappa shape index (κ3) is 3.10. The van der Waals surface area contributed by atoms with Gasteiger partial charge in [0.1, 0.15) is 0 Å². The van der Waals surface area contributed by atoms with Gasteiger partial charge in [0, 0.05) is 25.8 Å². The first-order valence-corrected chi connectivity index (χ1v) is 8.27. The molecule has 0 bridgehead atoms. The lowest BCUT2D eigenvalue weighted by Crippen LogP contribution is -2.06. The van der Waals surface area contributed by atoms with E-state index in [1.165, 1.54) is 0 Å². The van der Waals surface area contributed by atoms with Crippen LogP contribution in [0, 0.1) is 6.92 Å². The van der Waals surface area contributed by atoms with Crippen molar-refractivity contribution in [3.05, 3.63) is 65.6 Å². The second-order valence-electron chi connectivity index (χ2n) is 6.16. The molecule has 3 aromatic rings. The first kappa shape index (κ1) is 15.1. The fourth-order valence-corrected chi connectivity index (χ4v) is 3.13. The molecule has 24 heavy (non-hydrogen) atoms. The average Bonchev–Trinajstić information content (AvgIpc) is 3.34. The summed E-state index contributed by atoms with van der Waals surface area (Å²) in [5.41, 5.74) is 2.31.